The average Bonchev–Trinajstić information content (AvgIpc) is 2.82. The fourth-order valence-corrected chi connectivity index (χ4v) is 3.02. The maximum atomic E-state index is 11.3. The highest BCUT2D eigenvalue weighted by Crippen LogP contribution is 2.17. The number of aromatic nitrogens is 2. The molecular formula is C15H26N4O2. The third-order valence-electron chi connectivity index (χ3n) is 4.18. The summed E-state index contributed by atoms with van der Waals surface area (Å²) in [5.74, 6) is -0.185. The van der Waals surface area contributed by atoms with Gasteiger partial charge in [0.15, 0.2) is 0 Å². The van der Waals surface area contributed by atoms with Gasteiger partial charge in [0.25, 0.3) is 0 Å². The predicted molar refractivity (Wildman–Crippen MR) is 81.3 cm³/mol. The normalized spacial score (nSPS) is 16.5. The highest BCUT2D eigenvalue weighted by Gasteiger charge is 2.21. The van der Waals surface area contributed by atoms with Crippen LogP contribution in [0.1, 0.15) is 42.2 Å². The fourth-order valence-electron chi connectivity index (χ4n) is 3.02. The molecule has 1 aromatic heterocycles. The van der Waals surface area contributed by atoms with Crippen LogP contribution in [0.3, 0.4) is 0 Å². The third-order valence-corrected chi connectivity index (χ3v) is 4.18. The smallest absolute Gasteiger partial charge is 0.339 e. The first kappa shape index (κ1) is 16.0. The fraction of sp³-hybridized carbons (Fsp3) is 0.733. The van der Waals surface area contributed by atoms with Crippen molar-refractivity contribution in [1.82, 2.24) is 20.0 Å². The van der Waals surface area contributed by atoms with Crippen molar-refractivity contribution in [2.24, 2.45) is 13.0 Å². The zero-order chi connectivity index (χ0) is 15.2. The molecule has 21 heavy (non-hydrogen) atoms. The van der Waals surface area contributed by atoms with Crippen LogP contribution in [0.25, 0.3) is 0 Å². The second-order valence-electron chi connectivity index (χ2n) is 5.86. The first-order chi connectivity index (χ1) is 10.1. The van der Waals surface area contributed by atoms with Crippen molar-refractivity contribution in [3.05, 3.63) is 17.5 Å². The van der Waals surface area contributed by atoms with E-state index in [1.807, 2.05) is 7.05 Å². The molecule has 0 bridgehead atoms. The predicted octanol–water partition coefficient (Wildman–Crippen LogP) is 1.33. The summed E-state index contributed by atoms with van der Waals surface area (Å²) in [5.41, 5.74) is 1.12. The van der Waals surface area contributed by atoms with E-state index in [0.29, 0.717) is 18.0 Å². The molecule has 1 aromatic rings. The Morgan fingerprint density at radius 2 is 2.24 bits per heavy atom. The molecule has 2 rings (SSSR count). The second kappa shape index (κ2) is 7.56. The second-order valence-corrected chi connectivity index (χ2v) is 5.86. The first-order valence-corrected chi connectivity index (χ1v) is 7.79. The Hall–Kier alpha value is -1.40. The molecule has 0 aliphatic carbocycles. The molecule has 1 fully saturated rings. The van der Waals surface area contributed by atoms with Crippen molar-refractivity contribution in [2.45, 2.75) is 32.7 Å². The molecule has 0 atom stereocenters. The van der Waals surface area contributed by atoms with Crippen LogP contribution >= 0.6 is 0 Å². The number of piperidine rings is 1. The zero-order valence-electron chi connectivity index (χ0n) is 13.0. The Bertz CT molecular complexity index is 466. The van der Waals surface area contributed by atoms with E-state index < -0.39 is 5.97 Å². The Labute approximate surface area is 126 Å². The van der Waals surface area contributed by atoms with Gasteiger partial charge in [-0.1, -0.05) is 6.92 Å². The number of carboxylic acids is 1. The van der Waals surface area contributed by atoms with Crippen molar-refractivity contribution in [3.8, 4) is 0 Å². The largest absolute Gasteiger partial charge is 0.478 e. The van der Waals surface area contributed by atoms with Gasteiger partial charge in [0.2, 0.25) is 0 Å². The maximum absolute atomic E-state index is 11.3. The number of rotatable bonds is 7. The lowest BCUT2D eigenvalue weighted by atomic mass is 9.97. The van der Waals surface area contributed by atoms with E-state index >= 15 is 0 Å². The molecular weight excluding hydrogens is 268 g/mol. The summed E-state index contributed by atoms with van der Waals surface area (Å²) in [5, 5.41) is 16.7. The van der Waals surface area contributed by atoms with Gasteiger partial charge in [-0.15, -0.1) is 0 Å². The van der Waals surface area contributed by atoms with Crippen molar-refractivity contribution in [2.75, 3.05) is 26.2 Å². The lowest BCUT2D eigenvalue weighted by Crippen LogP contribution is -2.36. The van der Waals surface area contributed by atoms with Gasteiger partial charge >= 0.3 is 5.97 Å². The standard InChI is InChI=1S/C15H26N4O2/c1-3-8-19(10-12-4-6-16-7-5-12)11-14-13(15(20)21)9-17-18(14)2/h9,12,16H,3-8,10-11H2,1-2H3,(H,20,21). The van der Waals surface area contributed by atoms with Gasteiger partial charge in [0.1, 0.15) is 5.56 Å². The van der Waals surface area contributed by atoms with Crippen LogP contribution in [0.4, 0.5) is 0 Å². The quantitative estimate of drug-likeness (QED) is 0.794. The summed E-state index contributed by atoms with van der Waals surface area (Å²) in [6, 6.07) is 0. The summed E-state index contributed by atoms with van der Waals surface area (Å²) >= 11 is 0. The van der Waals surface area contributed by atoms with E-state index in [0.717, 1.165) is 38.3 Å². The molecule has 0 amide bonds. The van der Waals surface area contributed by atoms with Crippen molar-refractivity contribution < 1.29 is 9.90 Å². The van der Waals surface area contributed by atoms with E-state index in [1.165, 1.54) is 19.0 Å². The van der Waals surface area contributed by atoms with Crippen molar-refractivity contribution >= 4 is 5.97 Å². The minimum Gasteiger partial charge on any atom is -0.478 e. The molecule has 0 unspecified atom stereocenters. The Balaban J connectivity index is 2.04. The van der Waals surface area contributed by atoms with Gasteiger partial charge in [0, 0.05) is 20.1 Å². The molecule has 0 radical (unpaired) electrons. The van der Waals surface area contributed by atoms with Crippen LogP contribution in [0, 0.1) is 5.92 Å². The molecule has 0 aromatic carbocycles. The SMILES string of the molecule is CCCN(Cc1c(C(=O)O)cnn1C)CC1CCNCC1. The van der Waals surface area contributed by atoms with Crippen LogP contribution in [0.5, 0.6) is 0 Å². The first-order valence-electron chi connectivity index (χ1n) is 7.79. The Kier molecular flexibility index (Phi) is 5.76. The molecule has 1 saturated heterocycles. The van der Waals surface area contributed by atoms with Gasteiger partial charge in [-0.2, -0.15) is 5.10 Å². The minimum absolute atomic E-state index is 0.323. The number of carbonyl (C=O) groups is 1. The number of aromatic carboxylic acids is 1. The maximum Gasteiger partial charge on any atom is 0.339 e. The number of carboxylic acid groups (broad SMARTS) is 1. The molecule has 2 N–H and O–H groups in total. The summed E-state index contributed by atoms with van der Waals surface area (Å²) in [7, 11) is 1.82. The lowest BCUT2D eigenvalue weighted by Gasteiger charge is -2.30. The van der Waals surface area contributed by atoms with Gasteiger partial charge in [0.05, 0.1) is 11.9 Å². The molecule has 2 heterocycles. The number of hydrogen-bond donors (Lipinski definition) is 2. The Morgan fingerprint density at radius 1 is 1.52 bits per heavy atom. The Morgan fingerprint density at radius 3 is 2.86 bits per heavy atom. The number of nitrogens with zero attached hydrogens (tertiary/aromatic N) is 3. The summed E-state index contributed by atoms with van der Waals surface area (Å²) < 4.78 is 1.69. The van der Waals surface area contributed by atoms with E-state index in [2.05, 4.69) is 22.2 Å². The van der Waals surface area contributed by atoms with Crippen molar-refractivity contribution in [3.63, 3.8) is 0 Å². The van der Waals surface area contributed by atoms with Gasteiger partial charge in [-0.25, -0.2) is 4.79 Å². The zero-order valence-corrected chi connectivity index (χ0v) is 13.0. The van der Waals surface area contributed by atoms with Crippen LogP contribution in [-0.2, 0) is 13.6 Å². The molecule has 1 aliphatic rings. The topological polar surface area (TPSA) is 70.4 Å². The van der Waals surface area contributed by atoms with Crippen LogP contribution < -0.4 is 5.32 Å². The van der Waals surface area contributed by atoms with E-state index in [4.69, 9.17) is 0 Å². The minimum atomic E-state index is -0.892. The molecule has 6 heteroatoms. The summed E-state index contributed by atoms with van der Waals surface area (Å²) in [4.78, 5) is 13.7. The van der Waals surface area contributed by atoms with Gasteiger partial charge in [-0.05, 0) is 44.8 Å². The summed E-state index contributed by atoms with van der Waals surface area (Å²) in [6.07, 6.45) is 4.94. The number of nitrogens with one attached hydrogen (secondary N) is 1. The van der Waals surface area contributed by atoms with E-state index in [-0.39, 0.29) is 0 Å². The molecule has 0 saturated carbocycles. The number of hydrogen-bond acceptors (Lipinski definition) is 4. The number of aryl methyl sites for hydroxylation is 1. The van der Waals surface area contributed by atoms with Crippen LogP contribution in [-0.4, -0.2) is 51.9 Å². The third kappa shape index (κ3) is 4.28. The van der Waals surface area contributed by atoms with Gasteiger partial charge < -0.3 is 10.4 Å². The summed E-state index contributed by atoms with van der Waals surface area (Å²) in [6.45, 7) is 7.05. The van der Waals surface area contributed by atoms with Gasteiger partial charge in [-0.3, -0.25) is 9.58 Å². The molecule has 118 valence electrons. The highest BCUT2D eigenvalue weighted by molar-refractivity contribution is 5.88. The van der Waals surface area contributed by atoms with E-state index in [9.17, 15) is 9.90 Å². The van der Waals surface area contributed by atoms with E-state index in [1.54, 1.807) is 4.68 Å². The molecule has 0 spiro atoms. The highest BCUT2D eigenvalue weighted by atomic mass is 16.4. The lowest BCUT2D eigenvalue weighted by molar-refractivity contribution is 0.0693. The van der Waals surface area contributed by atoms with Crippen LogP contribution in [0.2, 0.25) is 0 Å². The van der Waals surface area contributed by atoms with Crippen molar-refractivity contribution in [1.29, 1.82) is 0 Å². The molecule has 1 aliphatic heterocycles. The monoisotopic (exact) mass is 294 g/mol. The van der Waals surface area contributed by atoms with Crippen LogP contribution in [0.15, 0.2) is 6.20 Å². The average molecular weight is 294 g/mol. The molecule has 6 nitrogen and oxygen atoms in total.